The minimum absolute atomic E-state index is 0.00809. The minimum Gasteiger partial charge on any atom is -0.332 e. The summed E-state index contributed by atoms with van der Waals surface area (Å²) >= 11 is 7.02. The van der Waals surface area contributed by atoms with E-state index >= 15 is 0 Å². The smallest absolute Gasteiger partial charge is 0.232 e. The predicted octanol–water partition coefficient (Wildman–Crippen LogP) is 9.87. The van der Waals surface area contributed by atoms with Crippen LogP contribution >= 0.6 is 11.6 Å². The summed E-state index contributed by atoms with van der Waals surface area (Å²) in [5, 5.41) is 0.274. The zero-order valence-electron chi connectivity index (χ0n) is 34.4. The van der Waals surface area contributed by atoms with Crippen LogP contribution < -0.4 is 9.80 Å². The van der Waals surface area contributed by atoms with E-state index in [1.54, 1.807) is 0 Å². The van der Waals surface area contributed by atoms with Gasteiger partial charge in [0.05, 0.1) is 0 Å². The number of halogens is 1. The molecule has 3 rings (SSSR count). The molecule has 0 bridgehead atoms. The molecule has 0 unspecified atom stereocenters. The van der Waals surface area contributed by atoms with Crippen LogP contribution in [-0.2, 0) is 0 Å². The van der Waals surface area contributed by atoms with Crippen molar-refractivity contribution < 1.29 is 0 Å². The van der Waals surface area contributed by atoms with Crippen molar-refractivity contribution >= 4 is 23.5 Å². The Morgan fingerprint density at radius 3 is 1.04 bits per heavy atom. The largest absolute Gasteiger partial charge is 0.332 e. The Morgan fingerprint density at radius 2 is 0.809 bits per heavy atom. The molecule has 0 saturated carbocycles. The van der Waals surface area contributed by atoms with Gasteiger partial charge in [0.2, 0.25) is 17.2 Å². The van der Waals surface area contributed by atoms with E-state index in [0.717, 1.165) is 38.5 Å². The molecule has 0 spiro atoms. The highest BCUT2D eigenvalue weighted by molar-refractivity contribution is 6.28. The molecule has 2 fully saturated rings. The molecule has 2 aliphatic heterocycles. The molecule has 2 aliphatic rings. The summed E-state index contributed by atoms with van der Waals surface area (Å²) in [6.07, 6.45) is 6.02. The first-order valence-electron chi connectivity index (χ1n) is 18.2. The van der Waals surface area contributed by atoms with Crippen molar-refractivity contribution in [1.29, 1.82) is 0 Å². The molecule has 8 heteroatoms. The molecule has 47 heavy (non-hydrogen) atoms. The van der Waals surface area contributed by atoms with E-state index in [9.17, 15) is 0 Å². The van der Waals surface area contributed by atoms with Crippen molar-refractivity contribution in [3.05, 3.63) is 5.28 Å². The number of hydrogen-bond acceptors (Lipinski definition) is 7. The van der Waals surface area contributed by atoms with Crippen LogP contribution in [0.25, 0.3) is 0 Å². The molecule has 3 heterocycles. The van der Waals surface area contributed by atoms with E-state index in [0.29, 0.717) is 11.9 Å². The van der Waals surface area contributed by atoms with Gasteiger partial charge in [-0.25, -0.2) is 0 Å². The normalized spacial score (nSPS) is 23.2. The molecule has 0 radical (unpaired) electrons. The van der Waals surface area contributed by atoms with Gasteiger partial charge >= 0.3 is 0 Å². The molecule has 1 aromatic rings. The molecule has 0 N–H and O–H groups in total. The fourth-order valence-corrected chi connectivity index (χ4v) is 10.3. The van der Waals surface area contributed by atoms with Crippen molar-refractivity contribution in [1.82, 2.24) is 24.8 Å². The van der Waals surface area contributed by atoms with Gasteiger partial charge < -0.3 is 9.80 Å². The molecule has 1 aromatic heterocycles. The first kappa shape index (κ1) is 40.3. The molecule has 0 amide bonds. The molecular weight excluding hydrogens is 602 g/mol. The maximum absolute atomic E-state index is 7.02. The van der Waals surface area contributed by atoms with E-state index in [2.05, 4.69) is 158 Å². The average Bonchev–Trinajstić information content (AvgIpc) is 2.76. The van der Waals surface area contributed by atoms with Crippen LogP contribution in [0.4, 0.5) is 11.9 Å². The van der Waals surface area contributed by atoms with Gasteiger partial charge in [-0.05, 0) is 158 Å². The van der Waals surface area contributed by atoms with E-state index in [4.69, 9.17) is 26.6 Å². The zero-order chi connectivity index (χ0) is 36.6. The highest BCUT2D eigenvalue weighted by atomic mass is 35.5. The molecule has 0 atom stereocenters. The number of hydrogen-bond donors (Lipinski definition) is 0. The third-order valence-corrected chi connectivity index (χ3v) is 11.7. The third kappa shape index (κ3) is 9.14. The van der Waals surface area contributed by atoms with E-state index in [-0.39, 0.29) is 61.4 Å². The van der Waals surface area contributed by atoms with Crippen LogP contribution in [0.15, 0.2) is 0 Å². The van der Waals surface area contributed by atoms with Gasteiger partial charge in [0.25, 0.3) is 0 Å². The van der Waals surface area contributed by atoms with Crippen molar-refractivity contribution in [3.8, 4) is 0 Å². The summed E-state index contributed by atoms with van der Waals surface area (Å²) in [5.41, 5.74) is -0.190. The SMILES string of the molecule is CN1C(C)(C)CC(N(c2nc(Cl)nc(N(C3CC(C)(C)N(C)C(C)(C)C3)C(C)(C)CC(C)(C)C)n2)C(C)(C)CC(C)(C)C)CC1(C)C. The van der Waals surface area contributed by atoms with Crippen molar-refractivity contribution in [2.75, 3.05) is 23.9 Å². The Balaban J connectivity index is 2.31. The van der Waals surface area contributed by atoms with Gasteiger partial charge in [-0.2, -0.15) is 15.0 Å². The first-order chi connectivity index (χ1) is 20.7. The Kier molecular flexibility index (Phi) is 10.7. The monoisotopic (exact) mass is 676 g/mol. The fourth-order valence-electron chi connectivity index (χ4n) is 10.2. The van der Waals surface area contributed by atoms with Crippen LogP contribution in [0.1, 0.15) is 163 Å². The lowest BCUT2D eigenvalue weighted by Crippen LogP contribution is -2.66. The van der Waals surface area contributed by atoms with Gasteiger partial charge in [0, 0.05) is 45.3 Å². The number of piperidine rings is 2. The molecule has 0 aliphatic carbocycles. The van der Waals surface area contributed by atoms with Gasteiger partial charge in [-0.1, -0.05) is 41.5 Å². The first-order valence-corrected chi connectivity index (χ1v) is 18.6. The Hall–Kier alpha value is -1.18. The molecule has 2 saturated heterocycles. The molecule has 7 nitrogen and oxygen atoms in total. The number of aromatic nitrogens is 3. The van der Waals surface area contributed by atoms with Crippen molar-refractivity contribution in [3.63, 3.8) is 0 Å². The number of likely N-dealkylation sites (tertiary alicyclic amines) is 2. The number of rotatable bonds is 8. The highest BCUT2D eigenvalue weighted by Gasteiger charge is 2.51. The fraction of sp³-hybridized carbons (Fsp3) is 0.923. The topological polar surface area (TPSA) is 51.6 Å². The summed E-state index contributed by atoms with van der Waals surface area (Å²) in [7, 11) is 4.55. The van der Waals surface area contributed by atoms with Crippen LogP contribution in [0.3, 0.4) is 0 Å². The average molecular weight is 677 g/mol. The van der Waals surface area contributed by atoms with E-state index < -0.39 is 0 Å². The summed E-state index contributed by atoms with van der Waals surface area (Å²) < 4.78 is 0. The quantitative estimate of drug-likeness (QED) is 0.272. The summed E-state index contributed by atoms with van der Waals surface area (Å²) in [4.78, 5) is 25.7. The molecule has 0 aromatic carbocycles. The molecule has 272 valence electrons. The van der Waals surface area contributed by atoms with Crippen molar-refractivity contribution in [2.24, 2.45) is 10.8 Å². The lowest BCUT2D eigenvalue weighted by molar-refractivity contribution is -0.0168. The van der Waals surface area contributed by atoms with Gasteiger partial charge in [0.15, 0.2) is 0 Å². The highest BCUT2D eigenvalue weighted by Crippen LogP contribution is 2.47. The minimum atomic E-state index is -0.226. The Bertz CT molecular complexity index is 1120. The van der Waals surface area contributed by atoms with Crippen LogP contribution in [0.5, 0.6) is 0 Å². The second-order valence-electron chi connectivity index (χ2n) is 21.5. The van der Waals surface area contributed by atoms with E-state index in [1.807, 2.05) is 0 Å². The second-order valence-corrected chi connectivity index (χ2v) is 21.9. The second kappa shape index (κ2) is 12.5. The third-order valence-electron chi connectivity index (χ3n) is 11.5. The number of nitrogens with zero attached hydrogens (tertiary/aromatic N) is 7. The van der Waals surface area contributed by atoms with Gasteiger partial charge in [-0.3, -0.25) is 9.80 Å². The predicted molar refractivity (Wildman–Crippen MR) is 204 cm³/mol. The lowest BCUT2D eigenvalue weighted by atomic mass is 9.74. The molecular formula is C39H74ClN7. The van der Waals surface area contributed by atoms with Gasteiger partial charge in [-0.15, -0.1) is 0 Å². The summed E-state index contributed by atoms with van der Waals surface area (Å²) in [5.74, 6) is 1.41. The van der Waals surface area contributed by atoms with Crippen LogP contribution in [0, 0.1) is 10.8 Å². The van der Waals surface area contributed by atoms with Gasteiger partial charge in [0.1, 0.15) is 0 Å². The maximum atomic E-state index is 7.02. The Morgan fingerprint density at radius 1 is 0.553 bits per heavy atom. The maximum Gasteiger partial charge on any atom is 0.232 e. The van der Waals surface area contributed by atoms with Crippen LogP contribution in [-0.4, -0.2) is 84.2 Å². The Labute approximate surface area is 296 Å². The summed E-state index contributed by atoms with van der Waals surface area (Å²) in [6, 6.07) is 0.467. The van der Waals surface area contributed by atoms with E-state index in [1.165, 1.54) is 0 Å². The zero-order valence-corrected chi connectivity index (χ0v) is 35.2. The number of anilines is 2. The lowest BCUT2D eigenvalue weighted by Gasteiger charge is -2.58. The van der Waals surface area contributed by atoms with Crippen LogP contribution in [0.2, 0.25) is 5.28 Å². The summed E-state index contributed by atoms with van der Waals surface area (Å²) in [6.45, 7) is 42.5. The standard InChI is InChI=1S/C39H74ClN7/c1-32(2,3)25-38(15,16)46(27-21-34(7,8)44(19)35(9,10)22-27)30-41-29(40)42-31(43-30)47(39(17,18)26-33(4,5)6)28-23-36(11,12)45(20)37(13,14)24-28/h27-28H,21-26H2,1-20H3. The van der Waals surface area contributed by atoms with Crippen molar-refractivity contribution in [2.45, 2.75) is 208 Å².